The number of esters is 1. The highest BCUT2D eigenvalue weighted by atomic mass is 16.5. The van der Waals surface area contributed by atoms with Gasteiger partial charge >= 0.3 is 12.0 Å². The second-order valence-electron chi connectivity index (χ2n) is 5.71. The minimum absolute atomic E-state index is 0.194. The van der Waals surface area contributed by atoms with Gasteiger partial charge in [0.15, 0.2) is 11.9 Å². The number of primary amides is 1. The number of ketones is 1. The number of ether oxygens (including phenoxy) is 1. The van der Waals surface area contributed by atoms with Gasteiger partial charge in [0.2, 0.25) is 0 Å². The predicted octanol–water partition coefficient (Wildman–Crippen LogP) is 2.56. The van der Waals surface area contributed by atoms with Gasteiger partial charge in [0, 0.05) is 11.3 Å². The number of rotatable bonds is 6. The van der Waals surface area contributed by atoms with E-state index in [9.17, 15) is 19.2 Å². The van der Waals surface area contributed by atoms with E-state index in [1.807, 2.05) is 0 Å². The number of nitrogens with one attached hydrogen (secondary N) is 2. The highest BCUT2D eigenvalue weighted by molar-refractivity contribution is 6.05. The molecule has 0 saturated heterocycles. The maximum atomic E-state index is 12.3. The van der Waals surface area contributed by atoms with Crippen molar-refractivity contribution in [2.75, 3.05) is 10.6 Å². The van der Waals surface area contributed by atoms with Crippen molar-refractivity contribution in [3.8, 4) is 0 Å². The zero-order valence-corrected chi connectivity index (χ0v) is 14.8. The number of hydrogen-bond acceptors (Lipinski definition) is 5. The van der Waals surface area contributed by atoms with Crippen LogP contribution >= 0.6 is 0 Å². The Morgan fingerprint density at radius 2 is 1.59 bits per heavy atom. The van der Waals surface area contributed by atoms with E-state index in [4.69, 9.17) is 10.5 Å². The molecule has 4 N–H and O–H groups in total. The summed E-state index contributed by atoms with van der Waals surface area (Å²) in [4.78, 5) is 46.8. The third-order valence-electron chi connectivity index (χ3n) is 3.61. The van der Waals surface area contributed by atoms with Crippen molar-refractivity contribution in [2.45, 2.75) is 20.0 Å². The molecule has 0 saturated carbocycles. The zero-order chi connectivity index (χ0) is 20.0. The van der Waals surface area contributed by atoms with E-state index in [2.05, 4.69) is 10.6 Å². The molecule has 0 spiro atoms. The van der Waals surface area contributed by atoms with Crippen LogP contribution in [0.25, 0.3) is 0 Å². The number of carbonyl (C=O) groups excluding carboxylic acids is 4. The Morgan fingerprint density at radius 1 is 0.963 bits per heavy atom. The van der Waals surface area contributed by atoms with Crippen molar-refractivity contribution in [3.63, 3.8) is 0 Å². The summed E-state index contributed by atoms with van der Waals surface area (Å²) in [5, 5.41) is 4.95. The largest absolute Gasteiger partial charge is 0.449 e. The van der Waals surface area contributed by atoms with Crippen LogP contribution in [0.5, 0.6) is 0 Å². The SMILES string of the molecule is CC(=O)c1ccccc1NC(=O)[C@H](C)OC(=O)c1ccc(NC(N)=O)cc1. The molecule has 2 aromatic rings. The normalized spacial score (nSPS) is 11.2. The molecule has 8 nitrogen and oxygen atoms in total. The van der Waals surface area contributed by atoms with Gasteiger partial charge in [-0.3, -0.25) is 9.59 Å². The molecule has 2 aromatic carbocycles. The van der Waals surface area contributed by atoms with E-state index in [1.165, 1.54) is 38.1 Å². The lowest BCUT2D eigenvalue weighted by Crippen LogP contribution is -2.30. The third kappa shape index (κ3) is 5.40. The van der Waals surface area contributed by atoms with Crippen LogP contribution in [0.1, 0.15) is 34.6 Å². The van der Waals surface area contributed by atoms with E-state index >= 15 is 0 Å². The number of anilines is 2. The summed E-state index contributed by atoms with van der Waals surface area (Å²) < 4.78 is 5.14. The Balaban J connectivity index is 2.00. The zero-order valence-electron chi connectivity index (χ0n) is 14.8. The summed E-state index contributed by atoms with van der Waals surface area (Å²) in [5.41, 5.74) is 6.34. The number of urea groups is 1. The van der Waals surface area contributed by atoms with Gasteiger partial charge in [-0.1, -0.05) is 12.1 Å². The molecule has 1 atom stereocenters. The Kier molecular flexibility index (Phi) is 6.27. The van der Waals surface area contributed by atoms with Crippen LogP contribution in [0.2, 0.25) is 0 Å². The van der Waals surface area contributed by atoms with E-state index in [0.717, 1.165) is 0 Å². The molecule has 27 heavy (non-hydrogen) atoms. The Hall–Kier alpha value is -3.68. The van der Waals surface area contributed by atoms with Crippen LogP contribution in [0, 0.1) is 0 Å². The lowest BCUT2D eigenvalue weighted by molar-refractivity contribution is -0.123. The van der Waals surface area contributed by atoms with Crippen molar-refractivity contribution in [1.29, 1.82) is 0 Å². The lowest BCUT2D eigenvalue weighted by Gasteiger charge is -2.15. The van der Waals surface area contributed by atoms with Crippen molar-refractivity contribution >= 4 is 35.1 Å². The van der Waals surface area contributed by atoms with Gasteiger partial charge in [-0.15, -0.1) is 0 Å². The maximum Gasteiger partial charge on any atom is 0.338 e. The summed E-state index contributed by atoms with van der Waals surface area (Å²) >= 11 is 0. The van der Waals surface area contributed by atoms with Crippen LogP contribution in [-0.2, 0) is 9.53 Å². The van der Waals surface area contributed by atoms with Gasteiger partial charge in [-0.25, -0.2) is 9.59 Å². The van der Waals surface area contributed by atoms with Gasteiger partial charge in [-0.2, -0.15) is 0 Å². The first kappa shape index (κ1) is 19.6. The summed E-state index contributed by atoms with van der Waals surface area (Å²) in [6.45, 7) is 2.82. The number of hydrogen-bond donors (Lipinski definition) is 3. The maximum absolute atomic E-state index is 12.3. The molecule has 0 fully saturated rings. The predicted molar refractivity (Wildman–Crippen MR) is 99.6 cm³/mol. The molecule has 140 valence electrons. The lowest BCUT2D eigenvalue weighted by atomic mass is 10.1. The van der Waals surface area contributed by atoms with Crippen molar-refractivity contribution in [2.24, 2.45) is 5.73 Å². The average Bonchev–Trinajstić information content (AvgIpc) is 2.61. The number of nitrogens with two attached hydrogens (primary N) is 1. The molecule has 0 heterocycles. The fourth-order valence-electron chi connectivity index (χ4n) is 2.25. The topological polar surface area (TPSA) is 128 Å². The Morgan fingerprint density at radius 3 is 2.19 bits per heavy atom. The van der Waals surface area contributed by atoms with Crippen LogP contribution < -0.4 is 16.4 Å². The summed E-state index contributed by atoms with van der Waals surface area (Å²) in [6.07, 6.45) is -1.08. The monoisotopic (exact) mass is 369 g/mol. The summed E-state index contributed by atoms with van der Waals surface area (Å²) in [7, 11) is 0. The molecule has 0 aliphatic heterocycles. The van der Waals surface area contributed by atoms with Crippen molar-refractivity contribution in [1.82, 2.24) is 0 Å². The van der Waals surface area contributed by atoms with Gasteiger partial charge in [-0.05, 0) is 50.2 Å². The molecule has 8 heteroatoms. The second kappa shape index (κ2) is 8.61. The summed E-state index contributed by atoms with van der Waals surface area (Å²) in [6, 6.07) is 11.7. The average molecular weight is 369 g/mol. The molecule has 0 unspecified atom stereocenters. The van der Waals surface area contributed by atoms with Crippen LogP contribution in [-0.4, -0.2) is 29.8 Å². The highest BCUT2D eigenvalue weighted by Gasteiger charge is 2.20. The van der Waals surface area contributed by atoms with Crippen LogP contribution in [0.3, 0.4) is 0 Å². The molecule has 0 aliphatic rings. The number of amides is 3. The molecule has 0 radical (unpaired) electrons. The van der Waals surface area contributed by atoms with Gasteiger partial charge < -0.3 is 21.1 Å². The number of para-hydroxylation sites is 1. The molecule has 0 aliphatic carbocycles. The summed E-state index contributed by atoms with van der Waals surface area (Å²) in [5.74, 6) is -1.47. The van der Waals surface area contributed by atoms with Gasteiger partial charge in [0.1, 0.15) is 0 Å². The highest BCUT2D eigenvalue weighted by Crippen LogP contribution is 2.17. The van der Waals surface area contributed by atoms with E-state index in [0.29, 0.717) is 16.9 Å². The standard InChI is InChI=1S/C19H19N3O5/c1-11(23)15-5-3-4-6-16(15)22-17(24)12(2)27-18(25)13-7-9-14(10-8-13)21-19(20)26/h3-10,12H,1-2H3,(H,22,24)(H3,20,21,26)/t12-/m0/s1. The first-order valence-electron chi connectivity index (χ1n) is 8.06. The van der Waals surface area contributed by atoms with E-state index in [1.54, 1.807) is 24.3 Å². The first-order chi connectivity index (χ1) is 12.8. The van der Waals surface area contributed by atoms with E-state index in [-0.39, 0.29) is 11.3 Å². The Bertz CT molecular complexity index is 877. The van der Waals surface area contributed by atoms with E-state index < -0.39 is 24.0 Å². The van der Waals surface area contributed by atoms with Crippen molar-refractivity contribution < 1.29 is 23.9 Å². The smallest absolute Gasteiger partial charge is 0.338 e. The molecule has 0 aromatic heterocycles. The first-order valence-corrected chi connectivity index (χ1v) is 8.06. The number of Topliss-reactive ketones (excluding diaryl/α,β-unsaturated/α-hetero) is 1. The molecular weight excluding hydrogens is 350 g/mol. The molecule has 2 rings (SSSR count). The minimum Gasteiger partial charge on any atom is -0.449 e. The third-order valence-corrected chi connectivity index (χ3v) is 3.61. The van der Waals surface area contributed by atoms with Gasteiger partial charge in [0.05, 0.1) is 11.3 Å². The molecular formula is C19H19N3O5. The fraction of sp³-hybridized carbons (Fsp3) is 0.158. The second-order valence-corrected chi connectivity index (χ2v) is 5.71. The number of carbonyl (C=O) groups is 4. The number of benzene rings is 2. The van der Waals surface area contributed by atoms with Crippen LogP contribution in [0.4, 0.5) is 16.2 Å². The van der Waals surface area contributed by atoms with Crippen molar-refractivity contribution in [3.05, 3.63) is 59.7 Å². The Labute approximate surface area is 155 Å². The quantitative estimate of drug-likeness (QED) is 0.532. The molecule has 3 amide bonds. The van der Waals surface area contributed by atoms with Gasteiger partial charge in [0.25, 0.3) is 5.91 Å². The fourth-order valence-corrected chi connectivity index (χ4v) is 2.25. The molecule has 0 bridgehead atoms. The van der Waals surface area contributed by atoms with Crippen LogP contribution in [0.15, 0.2) is 48.5 Å². The minimum atomic E-state index is -1.08.